The molecule has 0 heterocycles. The minimum atomic E-state index is -0.513. The molecule has 0 aromatic heterocycles. The Labute approximate surface area is 436 Å². The van der Waals surface area contributed by atoms with Crippen molar-refractivity contribution in [1.29, 1.82) is 0 Å². The normalized spacial score (nSPS) is 51.9. The maximum Gasteiger partial charge on any atom is 0.312 e. The highest BCUT2D eigenvalue weighted by Gasteiger charge is 2.72. The van der Waals surface area contributed by atoms with Crippen LogP contribution in [0.4, 0.5) is 0 Å². The van der Waals surface area contributed by atoms with Crippen LogP contribution in [0.1, 0.15) is 224 Å². The molecule has 18 atom stereocenters. The SMILES string of the molecule is CC1(C)CC[C@]2(C(=O)OCCCCOC(=O)[C@]34CCC(C)(C)C[C@H]3C3=CC[C@@H]5[C@@]6(C)CC[C@H](O)[C@@](C)(CO)[C@@H]6CC[C@@]5(C)[C@]3(C)CC4)CC[C@]3(C)C(=CC[C@@H]4[C@@]5(C)CC[C@H](O)[C@@](C)(CO)[C@@H]5CC[C@]43C)[C@@H]2C1. The molecule has 0 bridgehead atoms. The molecule has 8 fully saturated rings. The van der Waals surface area contributed by atoms with Gasteiger partial charge in [0.05, 0.1) is 49.5 Å². The van der Waals surface area contributed by atoms with Gasteiger partial charge in [-0.15, -0.1) is 0 Å². The van der Waals surface area contributed by atoms with E-state index < -0.39 is 33.9 Å². The predicted octanol–water partition coefficient (Wildman–Crippen LogP) is 13.1. The zero-order valence-electron chi connectivity index (χ0n) is 47.6. The van der Waals surface area contributed by atoms with E-state index in [1.807, 2.05) is 0 Å². The van der Waals surface area contributed by atoms with E-state index in [0.717, 1.165) is 128 Å². The Morgan fingerprint density at radius 3 is 1.21 bits per heavy atom. The van der Waals surface area contributed by atoms with Crippen LogP contribution in [0.25, 0.3) is 0 Å². The molecule has 10 aliphatic carbocycles. The van der Waals surface area contributed by atoms with Gasteiger partial charge in [-0.05, 0) is 220 Å². The number of carbonyl (C=O) groups is 2. The number of aliphatic hydroxyl groups excluding tert-OH is 4. The minimum absolute atomic E-state index is 0.00894. The monoisotopic (exact) mass is 999 g/mol. The largest absolute Gasteiger partial charge is 0.465 e. The summed E-state index contributed by atoms with van der Waals surface area (Å²) in [4.78, 5) is 29.6. The van der Waals surface area contributed by atoms with E-state index in [4.69, 9.17) is 9.47 Å². The molecule has 0 saturated heterocycles. The van der Waals surface area contributed by atoms with Gasteiger partial charge in [0.25, 0.3) is 0 Å². The number of rotatable bonds is 9. The van der Waals surface area contributed by atoms with Crippen LogP contribution >= 0.6 is 0 Å². The lowest BCUT2D eigenvalue weighted by Crippen LogP contribution is -2.66. The van der Waals surface area contributed by atoms with E-state index in [-0.39, 0.29) is 92.1 Å². The predicted molar refractivity (Wildman–Crippen MR) is 284 cm³/mol. The third-order valence-electron chi connectivity index (χ3n) is 27.3. The molecule has 4 N–H and O–H groups in total. The third kappa shape index (κ3) is 7.19. The molecule has 10 aliphatic rings. The number of allylic oxidation sites excluding steroid dienone is 4. The van der Waals surface area contributed by atoms with Crippen LogP contribution in [0, 0.1) is 100 Å². The molecule has 0 aromatic rings. The molecule has 0 amide bonds. The Kier molecular flexibility index (Phi) is 13.0. The highest BCUT2D eigenvalue weighted by molar-refractivity contribution is 5.79. The molecule has 0 spiro atoms. The zero-order valence-corrected chi connectivity index (χ0v) is 47.6. The summed E-state index contributed by atoms with van der Waals surface area (Å²) in [7, 11) is 0. The average molecular weight is 1000 g/mol. The van der Waals surface area contributed by atoms with E-state index in [1.54, 1.807) is 0 Å². The lowest BCUT2D eigenvalue weighted by atomic mass is 9.33. The van der Waals surface area contributed by atoms with Crippen LogP contribution in [-0.2, 0) is 19.1 Å². The van der Waals surface area contributed by atoms with Gasteiger partial charge < -0.3 is 29.9 Å². The summed E-state index contributed by atoms with van der Waals surface area (Å²) < 4.78 is 12.8. The Balaban J connectivity index is 0.805. The number of hydrogen-bond acceptors (Lipinski definition) is 8. The fraction of sp³-hybridized carbons (Fsp3) is 0.906. The van der Waals surface area contributed by atoms with Gasteiger partial charge in [-0.1, -0.05) is 106 Å². The number of aliphatic hydroxyl groups is 4. The van der Waals surface area contributed by atoms with Crippen LogP contribution in [0.15, 0.2) is 23.3 Å². The number of fused-ring (bicyclic) bond motifs is 14. The van der Waals surface area contributed by atoms with Gasteiger partial charge in [0.15, 0.2) is 0 Å². The van der Waals surface area contributed by atoms with E-state index in [2.05, 4.69) is 95.2 Å². The van der Waals surface area contributed by atoms with Crippen LogP contribution in [0.5, 0.6) is 0 Å². The molecule has 406 valence electrons. The highest BCUT2D eigenvalue weighted by atomic mass is 16.5. The van der Waals surface area contributed by atoms with Gasteiger partial charge in [-0.25, -0.2) is 0 Å². The van der Waals surface area contributed by atoms with Crippen LogP contribution in [0.2, 0.25) is 0 Å². The number of hydrogen-bond donors (Lipinski definition) is 4. The summed E-state index contributed by atoms with van der Waals surface area (Å²) in [6, 6.07) is 0. The molecular weight excluding hydrogens is 897 g/mol. The van der Waals surface area contributed by atoms with E-state index in [9.17, 15) is 30.0 Å². The second-order valence-electron chi connectivity index (χ2n) is 31.2. The Morgan fingerprint density at radius 1 is 0.486 bits per heavy atom. The van der Waals surface area contributed by atoms with Gasteiger partial charge in [0.2, 0.25) is 0 Å². The van der Waals surface area contributed by atoms with Crippen molar-refractivity contribution in [3.8, 4) is 0 Å². The minimum Gasteiger partial charge on any atom is -0.465 e. The number of ether oxygens (including phenoxy) is 2. The standard InChI is InChI=1S/C64H102O8/c1-53(2)27-31-63(33-29-59(9)41(43(63)37-53)15-17-47-55(5)23-21-49(67)57(7,39-65)45(55)19-25-61(47,59)11)51(69)71-35-13-14-36-72-52(70)64-32-28-54(3,4)38-44(64)42-16-18-48-56(6)24-22-50(68)58(8,40-66)46(56)20-26-62(48,12)60(42,10)30-34-64/h15-16,43-50,65-68H,13-14,17-40H2,1-12H3/t43-,44-,45+,46+,47+,48+,49-,50-,55-,56-,57-,58-,59+,60+,61+,62+,63-,64-/m0/s1. The smallest absolute Gasteiger partial charge is 0.312 e. The lowest BCUT2D eigenvalue weighted by Gasteiger charge is -2.71. The fourth-order valence-corrected chi connectivity index (χ4v) is 22.1. The molecule has 10 rings (SSSR count). The second-order valence-corrected chi connectivity index (χ2v) is 31.2. The highest BCUT2D eigenvalue weighted by Crippen LogP contribution is 2.78. The molecule has 8 heteroatoms. The summed E-state index contributed by atoms with van der Waals surface area (Å²) in [5, 5.41) is 44.0. The van der Waals surface area contributed by atoms with Crippen molar-refractivity contribution in [2.75, 3.05) is 26.4 Å². The number of esters is 2. The van der Waals surface area contributed by atoms with Crippen LogP contribution < -0.4 is 0 Å². The van der Waals surface area contributed by atoms with E-state index in [0.29, 0.717) is 37.9 Å². The van der Waals surface area contributed by atoms with Crippen molar-refractivity contribution >= 4 is 11.9 Å². The summed E-state index contributed by atoms with van der Waals surface area (Å²) >= 11 is 0. The van der Waals surface area contributed by atoms with Crippen molar-refractivity contribution in [2.24, 2.45) is 100 Å². The molecule has 0 aromatic carbocycles. The Morgan fingerprint density at radius 2 is 0.847 bits per heavy atom. The van der Waals surface area contributed by atoms with Gasteiger partial charge in [0, 0.05) is 10.8 Å². The van der Waals surface area contributed by atoms with E-state index >= 15 is 0 Å². The zero-order chi connectivity index (χ0) is 52.1. The molecular formula is C64H102O8. The summed E-state index contributed by atoms with van der Waals surface area (Å²) in [6.45, 7) is 29.8. The average Bonchev–Trinajstić information content (AvgIpc) is 3.32. The number of carbonyl (C=O) groups excluding carboxylic acids is 2. The molecule has 0 radical (unpaired) electrons. The number of unbranched alkanes of at least 4 members (excludes halogenated alkanes) is 1. The third-order valence-corrected chi connectivity index (χ3v) is 27.3. The molecule has 72 heavy (non-hydrogen) atoms. The van der Waals surface area contributed by atoms with Crippen LogP contribution in [-0.4, -0.2) is 71.0 Å². The molecule has 8 saturated carbocycles. The van der Waals surface area contributed by atoms with Crippen LogP contribution in [0.3, 0.4) is 0 Å². The van der Waals surface area contributed by atoms with Gasteiger partial charge in [0.1, 0.15) is 0 Å². The maximum absolute atomic E-state index is 14.8. The second kappa shape index (κ2) is 17.4. The maximum atomic E-state index is 14.8. The van der Waals surface area contributed by atoms with Crippen molar-refractivity contribution < 1.29 is 39.5 Å². The van der Waals surface area contributed by atoms with Gasteiger partial charge in [-0.3, -0.25) is 9.59 Å². The first-order valence-corrected chi connectivity index (χ1v) is 29.9. The molecule has 8 nitrogen and oxygen atoms in total. The van der Waals surface area contributed by atoms with E-state index in [1.165, 1.54) is 11.1 Å². The van der Waals surface area contributed by atoms with Crippen molar-refractivity contribution in [3.05, 3.63) is 23.3 Å². The molecule has 0 unspecified atom stereocenters. The Hall–Kier alpha value is -1.74. The van der Waals surface area contributed by atoms with Crippen molar-refractivity contribution in [1.82, 2.24) is 0 Å². The van der Waals surface area contributed by atoms with Gasteiger partial charge in [-0.2, -0.15) is 0 Å². The molecule has 0 aliphatic heterocycles. The van der Waals surface area contributed by atoms with Gasteiger partial charge >= 0.3 is 11.9 Å². The topological polar surface area (TPSA) is 134 Å². The lowest BCUT2D eigenvalue weighted by molar-refractivity contribution is -0.217. The Bertz CT molecular complexity index is 2060. The summed E-state index contributed by atoms with van der Waals surface area (Å²) in [5.41, 5.74) is 1.50. The first kappa shape index (κ1) is 53.6. The fourth-order valence-electron chi connectivity index (χ4n) is 22.1. The first-order valence-electron chi connectivity index (χ1n) is 29.9. The quantitative estimate of drug-likeness (QED) is 0.102. The first-order chi connectivity index (χ1) is 33.6. The summed E-state index contributed by atoms with van der Waals surface area (Å²) in [6.07, 6.45) is 24.8. The summed E-state index contributed by atoms with van der Waals surface area (Å²) in [5.74, 6) is 1.79. The van der Waals surface area contributed by atoms with Crippen molar-refractivity contribution in [2.45, 2.75) is 237 Å². The van der Waals surface area contributed by atoms with Crippen molar-refractivity contribution in [3.63, 3.8) is 0 Å².